The number of ether oxygens (including phenoxy) is 1. The first-order chi connectivity index (χ1) is 11.8. The molecule has 0 aliphatic carbocycles. The molecule has 0 spiro atoms. The number of amides is 1. The maximum atomic E-state index is 12.1. The topological polar surface area (TPSA) is 106 Å². The number of aromatic carboxylic acids is 1. The third kappa shape index (κ3) is 4.91. The molecule has 0 radical (unpaired) electrons. The number of rotatable bonds is 5. The predicted molar refractivity (Wildman–Crippen MR) is 91.2 cm³/mol. The second-order valence-corrected chi connectivity index (χ2v) is 5.70. The van der Waals surface area contributed by atoms with Gasteiger partial charge in [0, 0.05) is 6.20 Å². The van der Waals surface area contributed by atoms with Crippen molar-refractivity contribution in [3.8, 4) is 0 Å². The first kappa shape index (κ1) is 18.7. The largest absolute Gasteiger partial charge is 0.478 e. The number of benzene rings is 1. The molecular formula is C16H12Cl2N2O5. The molecular weight excluding hydrogens is 371 g/mol. The molecule has 1 unspecified atom stereocenters. The molecule has 9 heteroatoms. The third-order valence-electron chi connectivity index (χ3n) is 3.09. The first-order valence-corrected chi connectivity index (χ1v) is 7.69. The number of nitrogens with zero attached hydrogens (tertiary/aromatic N) is 1. The van der Waals surface area contributed by atoms with Crippen molar-refractivity contribution >= 4 is 46.7 Å². The number of hydrogen-bond donors (Lipinski definition) is 2. The van der Waals surface area contributed by atoms with E-state index in [4.69, 9.17) is 33.0 Å². The number of nitrogens with one attached hydrogen (secondary N) is 1. The molecule has 2 N–H and O–H groups in total. The smallest absolute Gasteiger partial charge is 0.339 e. The van der Waals surface area contributed by atoms with E-state index in [0.717, 1.165) is 0 Å². The number of carboxylic acids is 1. The van der Waals surface area contributed by atoms with Crippen molar-refractivity contribution in [1.29, 1.82) is 0 Å². The van der Waals surface area contributed by atoms with E-state index in [-0.39, 0.29) is 27.0 Å². The fourth-order valence-electron chi connectivity index (χ4n) is 1.80. The van der Waals surface area contributed by atoms with Gasteiger partial charge in [0.05, 0.1) is 21.8 Å². The van der Waals surface area contributed by atoms with Crippen molar-refractivity contribution in [3.63, 3.8) is 0 Å². The highest BCUT2D eigenvalue weighted by Gasteiger charge is 2.20. The molecule has 2 rings (SSSR count). The second kappa shape index (κ2) is 7.96. The molecule has 0 fully saturated rings. The summed E-state index contributed by atoms with van der Waals surface area (Å²) in [5, 5.41) is 11.7. The van der Waals surface area contributed by atoms with Crippen LogP contribution < -0.4 is 5.32 Å². The molecule has 1 atom stereocenters. The first-order valence-electron chi connectivity index (χ1n) is 6.94. The van der Waals surface area contributed by atoms with Gasteiger partial charge in [-0.2, -0.15) is 0 Å². The zero-order valence-electron chi connectivity index (χ0n) is 12.8. The maximum Gasteiger partial charge on any atom is 0.339 e. The van der Waals surface area contributed by atoms with Gasteiger partial charge in [-0.3, -0.25) is 4.79 Å². The molecule has 1 heterocycles. The van der Waals surface area contributed by atoms with Gasteiger partial charge in [-0.15, -0.1) is 0 Å². The number of carbonyl (C=O) groups is 3. The highest BCUT2D eigenvalue weighted by Crippen LogP contribution is 2.23. The fourth-order valence-corrected chi connectivity index (χ4v) is 2.14. The van der Waals surface area contributed by atoms with Gasteiger partial charge in [-0.25, -0.2) is 14.6 Å². The molecule has 1 aromatic carbocycles. The van der Waals surface area contributed by atoms with Gasteiger partial charge in [0.15, 0.2) is 6.10 Å². The van der Waals surface area contributed by atoms with Crippen LogP contribution in [0.4, 0.5) is 5.69 Å². The number of carbonyl (C=O) groups excluding carboxylic acids is 2. The van der Waals surface area contributed by atoms with Crippen LogP contribution in [0, 0.1) is 0 Å². The van der Waals surface area contributed by atoms with E-state index in [1.54, 1.807) is 0 Å². The Balaban J connectivity index is 2.07. The molecule has 2 aromatic rings. The summed E-state index contributed by atoms with van der Waals surface area (Å²) in [6, 6.07) is 6.56. The van der Waals surface area contributed by atoms with Crippen LogP contribution in [0.3, 0.4) is 0 Å². The van der Waals surface area contributed by atoms with Crippen molar-refractivity contribution in [2.45, 2.75) is 13.0 Å². The van der Waals surface area contributed by atoms with Crippen LogP contribution in [0.1, 0.15) is 27.6 Å². The molecule has 1 aromatic heterocycles. The van der Waals surface area contributed by atoms with E-state index in [1.165, 1.54) is 43.5 Å². The van der Waals surface area contributed by atoms with Crippen molar-refractivity contribution in [2.75, 3.05) is 5.32 Å². The van der Waals surface area contributed by atoms with Gasteiger partial charge in [-0.1, -0.05) is 23.2 Å². The summed E-state index contributed by atoms with van der Waals surface area (Å²) in [4.78, 5) is 38.8. The highest BCUT2D eigenvalue weighted by atomic mass is 35.5. The highest BCUT2D eigenvalue weighted by molar-refractivity contribution is 6.34. The Morgan fingerprint density at radius 3 is 2.52 bits per heavy atom. The molecule has 0 saturated carbocycles. The van der Waals surface area contributed by atoms with Crippen LogP contribution in [-0.4, -0.2) is 34.0 Å². The van der Waals surface area contributed by atoms with Gasteiger partial charge in [-0.05, 0) is 37.3 Å². The maximum absolute atomic E-state index is 12.1. The molecule has 0 bridgehead atoms. The summed E-state index contributed by atoms with van der Waals surface area (Å²) in [6.45, 7) is 1.37. The molecule has 25 heavy (non-hydrogen) atoms. The summed E-state index contributed by atoms with van der Waals surface area (Å²) in [7, 11) is 0. The summed E-state index contributed by atoms with van der Waals surface area (Å²) in [6.07, 6.45) is 0.185. The van der Waals surface area contributed by atoms with Crippen LogP contribution in [0.2, 0.25) is 10.2 Å². The van der Waals surface area contributed by atoms with Gasteiger partial charge in [0.25, 0.3) is 5.91 Å². The number of anilines is 1. The number of pyridine rings is 1. The van der Waals surface area contributed by atoms with Crippen molar-refractivity contribution in [1.82, 2.24) is 4.98 Å². The number of hydrogen-bond acceptors (Lipinski definition) is 5. The zero-order valence-corrected chi connectivity index (χ0v) is 14.3. The quantitative estimate of drug-likeness (QED) is 0.607. The monoisotopic (exact) mass is 382 g/mol. The predicted octanol–water partition coefficient (Wildman–Crippen LogP) is 3.27. The Hall–Kier alpha value is -2.64. The Morgan fingerprint density at radius 1 is 1.16 bits per heavy atom. The summed E-state index contributed by atoms with van der Waals surface area (Å²) in [5.41, 5.74) is 0.197. The average molecular weight is 383 g/mol. The average Bonchev–Trinajstić information content (AvgIpc) is 2.56. The molecule has 0 saturated heterocycles. The van der Waals surface area contributed by atoms with Gasteiger partial charge < -0.3 is 15.2 Å². The zero-order chi connectivity index (χ0) is 18.6. The lowest BCUT2D eigenvalue weighted by molar-refractivity contribution is -0.123. The number of esters is 1. The normalized spacial score (nSPS) is 11.5. The van der Waals surface area contributed by atoms with Crippen molar-refractivity contribution < 1.29 is 24.2 Å². The van der Waals surface area contributed by atoms with E-state index in [0.29, 0.717) is 0 Å². The Labute approximate surface area is 152 Å². The summed E-state index contributed by atoms with van der Waals surface area (Å²) >= 11 is 11.6. The lowest BCUT2D eigenvalue weighted by atomic mass is 10.2. The van der Waals surface area contributed by atoms with E-state index in [2.05, 4.69) is 10.3 Å². The van der Waals surface area contributed by atoms with Gasteiger partial charge in [0.2, 0.25) is 0 Å². The van der Waals surface area contributed by atoms with Crippen LogP contribution in [0.5, 0.6) is 0 Å². The minimum absolute atomic E-state index is 0.0456. The Morgan fingerprint density at radius 2 is 1.88 bits per heavy atom. The third-order valence-corrected chi connectivity index (χ3v) is 3.62. The second-order valence-electron chi connectivity index (χ2n) is 4.90. The number of halogens is 2. The lowest BCUT2D eigenvalue weighted by Gasteiger charge is -2.14. The minimum Gasteiger partial charge on any atom is -0.478 e. The number of aromatic nitrogens is 1. The van der Waals surface area contributed by atoms with Gasteiger partial charge in [0.1, 0.15) is 5.15 Å². The van der Waals surface area contributed by atoms with E-state index < -0.39 is 23.9 Å². The van der Waals surface area contributed by atoms with E-state index in [1.807, 2.05) is 0 Å². The molecule has 1 amide bonds. The molecule has 0 aliphatic heterocycles. The Bertz CT molecular complexity index is 841. The summed E-state index contributed by atoms with van der Waals surface area (Å²) < 4.78 is 5.05. The molecule has 0 aliphatic rings. The SMILES string of the molecule is CC(OC(=O)c1ccnc(Cl)c1)C(=O)Nc1cc(C(=O)O)ccc1Cl. The molecule has 7 nitrogen and oxygen atoms in total. The van der Waals surface area contributed by atoms with Crippen LogP contribution in [0.25, 0.3) is 0 Å². The van der Waals surface area contributed by atoms with Gasteiger partial charge >= 0.3 is 11.9 Å². The minimum atomic E-state index is -1.17. The van der Waals surface area contributed by atoms with Crippen LogP contribution in [-0.2, 0) is 9.53 Å². The number of carboxylic acid groups (broad SMARTS) is 1. The van der Waals surface area contributed by atoms with Crippen LogP contribution >= 0.6 is 23.2 Å². The van der Waals surface area contributed by atoms with E-state index >= 15 is 0 Å². The van der Waals surface area contributed by atoms with Crippen molar-refractivity contribution in [2.24, 2.45) is 0 Å². The fraction of sp³-hybridized carbons (Fsp3) is 0.125. The lowest BCUT2D eigenvalue weighted by Crippen LogP contribution is -2.30. The standard InChI is InChI=1S/C16H12Cl2N2O5/c1-8(25-16(24)10-4-5-19-13(18)7-10)14(21)20-12-6-9(15(22)23)2-3-11(12)17/h2-8H,1H3,(H,20,21)(H,22,23). The van der Waals surface area contributed by atoms with E-state index in [9.17, 15) is 14.4 Å². The van der Waals surface area contributed by atoms with Crippen molar-refractivity contribution in [3.05, 3.63) is 57.8 Å². The van der Waals surface area contributed by atoms with Crippen LogP contribution in [0.15, 0.2) is 36.5 Å². The summed E-state index contributed by atoms with van der Waals surface area (Å²) in [5.74, 6) is -2.59. The Kier molecular flexibility index (Phi) is 5.95. The molecule has 130 valence electrons.